The quantitative estimate of drug-likeness (QED) is 0.268. The van der Waals surface area contributed by atoms with Gasteiger partial charge in [0.15, 0.2) is 12.4 Å². The van der Waals surface area contributed by atoms with E-state index >= 15 is 0 Å². The molecule has 3 saturated heterocycles. The van der Waals surface area contributed by atoms with Crippen LogP contribution in [0.5, 0.6) is 0 Å². The second-order valence-corrected chi connectivity index (χ2v) is 13.8. The van der Waals surface area contributed by atoms with Crippen LogP contribution in [-0.4, -0.2) is 131 Å². The van der Waals surface area contributed by atoms with Gasteiger partial charge in [-0.3, -0.25) is 38.7 Å². The fraction of sp³-hybridized carbons (Fsp3) is 0.457. The molecule has 52 heavy (non-hydrogen) atoms. The molecule has 0 aromatic heterocycles. The highest BCUT2D eigenvalue weighted by atomic mass is 35.5. The summed E-state index contributed by atoms with van der Waals surface area (Å²) in [5.74, 6) is -5.96. The number of hydrogen-bond acceptors (Lipinski definition) is 10. The molecular formula is C35H40Cl2N6O9. The highest BCUT2D eigenvalue weighted by molar-refractivity contribution is 6.39. The van der Waals surface area contributed by atoms with Crippen molar-refractivity contribution in [2.45, 2.75) is 56.8 Å². The Morgan fingerprint density at radius 3 is 2.27 bits per heavy atom. The summed E-state index contributed by atoms with van der Waals surface area (Å²) >= 11 is 12.1. The maximum absolute atomic E-state index is 14.0. The van der Waals surface area contributed by atoms with Crippen molar-refractivity contribution in [2.75, 3.05) is 46.4 Å². The number of ketones is 1. The molecule has 3 atom stereocenters. The number of ether oxygens (including phenoxy) is 1. The molecule has 3 aliphatic rings. The van der Waals surface area contributed by atoms with Gasteiger partial charge in [-0.25, -0.2) is 9.80 Å². The van der Waals surface area contributed by atoms with Crippen LogP contribution in [0.4, 0.5) is 0 Å². The molecule has 2 aromatic carbocycles. The topological polar surface area (TPSA) is 186 Å². The van der Waals surface area contributed by atoms with E-state index in [1.165, 1.54) is 23.2 Å². The number of fused-ring (bicyclic) bond motifs is 1. The Labute approximate surface area is 310 Å². The van der Waals surface area contributed by atoms with Crippen LogP contribution in [0.1, 0.15) is 58.4 Å². The molecule has 0 unspecified atom stereocenters. The second-order valence-electron chi connectivity index (χ2n) is 13.0. The number of aliphatic carboxylic acids is 1. The summed E-state index contributed by atoms with van der Waals surface area (Å²) in [5, 5.41) is 16.7. The number of carbonyl (C=O) groups excluding carboxylic acids is 6. The Morgan fingerprint density at radius 1 is 0.942 bits per heavy atom. The van der Waals surface area contributed by atoms with E-state index in [-0.39, 0.29) is 41.4 Å². The minimum atomic E-state index is -1.65. The number of nitrogens with zero attached hydrogens (tertiary/aromatic N) is 4. The zero-order valence-corrected chi connectivity index (χ0v) is 30.0. The number of carboxylic acid groups (broad SMARTS) is 1. The van der Waals surface area contributed by atoms with Crippen LogP contribution in [0, 0.1) is 0 Å². The van der Waals surface area contributed by atoms with Crippen LogP contribution in [0.25, 0.3) is 0 Å². The van der Waals surface area contributed by atoms with E-state index in [4.69, 9.17) is 27.9 Å². The lowest BCUT2D eigenvalue weighted by Gasteiger charge is -2.43. The van der Waals surface area contributed by atoms with E-state index < -0.39 is 72.5 Å². The summed E-state index contributed by atoms with van der Waals surface area (Å²) in [6.45, 7) is 3.82. The van der Waals surface area contributed by atoms with Crippen LogP contribution in [-0.2, 0) is 35.3 Å². The largest absolute Gasteiger partial charge is 0.481 e. The van der Waals surface area contributed by atoms with Gasteiger partial charge in [-0.1, -0.05) is 41.4 Å². The molecule has 278 valence electrons. The third kappa shape index (κ3) is 9.45. The molecule has 3 aliphatic heterocycles. The lowest BCUT2D eigenvalue weighted by Crippen LogP contribution is -2.64. The van der Waals surface area contributed by atoms with Crippen LogP contribution in [0.15, 0.2) is 42.5 Å². The van der Waals surface area contributed by atoms with Crippen LogP contribution in [0.2, 0.25) is 10.0 Å². The number of halogens is 2. The van der Waals surface area contributed by atoms with Crippen molar-refractivity contribution in [1.82, 2.24) is 30.5 Å². The summed E-state index contributed by atoms with van der Waals surface area (Å²) in [5.41, 5.74) is 1.17. The first-order chi connectivity index (χ1) is 24.8. The average molecular weight is 760 g/mol. The number of nitrogens with one attached hydrogen (secondary N) is 2. The molecule has 3 fully saturated rings. The number of likely N-dealkylation sites (N-methyl/N-ethyl adjacent to an activating group) is 1. The predicted molar refractivity (Wildman–Crippen MR) is 187 cm³/mol. The Morgan fingerprint density at radius 2 is 1.62 bits per heavy atom. The van der Waals surface area contributed by atoms with Crippen molar-refractivity contribution in [3.05, 3.63) is 69.2 Å². The molecule has 5 rings (SSSR count). The van der Waals surface area contributed by atoms with Gasteiger partial charge < -0.3 is 25.4 Å². The number of rotatable bonds is 12. The SMILES string of the molecule is CN1CCN(Cc2ccc(C(=O)N[C@H]3CCC(=O)N4CCC[C@@H](C(=O)N[C@@H](CC(=O)O)C(=O)COC(=O)c5c(Cl)cccc5Cl)N4C3=O)cc2)CC1. The normalized spacial score (nSPS) is 20.4. The highest BCUT2D eigenvalue weighted by Crippen LogP contribution is 2.27. The first-order valence-corrected chi connectivity index (χ1v) is 17.7. The fourth-order valence-corrected chi connectivity index (χ4v) is 6.92. The van der Waals surface area contributed by atoms with Gasteiger partial charge in [0.2, 0.25) is 11.8 Å². The van der Waals surface area contributed by atoms with Gasteiger partial charge in [-0.15, -0.1) is 0 Å². The zero-order valence-electron chi connectivity index (χ0n) is 28.5. The van der Waals surface area contributed by atoms with Crippen molar-refractivity contribution >= 4 is 64.6 Å². The summed E-state index contributed by atoms with van der Waals surface area (Å²) in [6.07, 6.45) is -0.519. The van der Waals surface area contributed by atoms with Crippen LogP contribution in [0.3, 0.4) is 0 Å². The number of piperazine rings is 1. The Bertz CT molecular complexity index is 1700. The highest BCUT2D eigenvalue weighted by Gasteiger charge is 2.45. The Hall–Kier alpha value is -4.57. The van der Waals surface area contributed by atoms with Gasteiger partial charge in [0, 0.05) is 51.3 Å². The van der Waals surface area contributed by atoms with Crippen molar-refractivity contribution in [3.63, 3.8) is 0 Å². The van der Waals surface area contributed by atoms with Gasteiger partial charge in [-0.05, 0) is 56.1 Å². The molecule has 17 heteroatoms. The molecule has 3 heterocycles. The molecule has 0 spiro atoms. The lowest BCUT2D eigenvalue weighted by atomic mass is 10.0. The van der Waals surface area contributed by atoms with Crippen molar-refractivity contribution in [3.8, 4) is 0 Å². The number of Topliss-reactive ketones (excluding diaryl/α,β-unsaturated/α-hetero) is 1. The summed E-state index contributed by atoms with van der Waals surface area (Å²) < 4.78 is 5.04. The van der Waals surface area contributed by atoms with Gasteiger partial charge in [0.1, 0.15) is 18.1 Å². The standard InChI is InChI=1S/C35H40Cl2N6O9/c1-40-14-16-41(17-15-40)19-21-7-9-22(10-8-21)32(48)38-25-11-12-29(45)42-13-3-6-27(43(42)34(25)50)33(49)39-26(18-30(46)47)28(44)20-52-35(51)31-23(36)4-2-5-24(31)37/h2,4-5,7-10,25-27H,3,6,11-20H2,1H3,(H,38,48)(H,39,49)(H,46,47)/t25-,26-,27-/m0/s1. The molecule has 15 nitrogen and oxygen atoms in total. The van der Waals surface area contributed by atoms with E-state index in [0.717, 1.165) is 43.3 Å². The number of carbonyl (C=O) groups is 7. The van der Waals surface area contributed by atoms with E-state index in [1.807, 2.05) is 12.1 Å². The number of amides is 4. The smallest absolute Gasteiger partial charge is 0.341 e. The molecule has 0 saturated carbocycles. The second kappa shape index (κ2) is 17.3. The van der Waals surface area contributed by atoms with Gasteiger partial charge in [0.25, 0.3) is 11.8 Å². The molecular weight excluding hydrogens is 719 g/mol. The monoisotopic (exact) mass is 758 g/mol. The van der Waals surface area contributed by atoms with Gasteiger partial charge in [0.05, 0.1) is 22.0 Å². The van der Waals surface area contributed by atoms with Gasteiger partial charge in [-0.2, -0.15) is 0 Å². The summed E-state index contributed by atoms with van der Waals surface area (Å²) in [4.78, 5) is 96.0. The first kappa shape index (κ1) is 38.7. The van der Waals surface area contributed by atoms with Crippen LogP contribution >= 0.6 is 23.2 Å². The maximum atomic E-state index is 14.0. The predicted octanol–water partition coefficient (Wildman–Crippen LogP) is 1.75. The molecule has 0 bridgehead atoms. The van der Waals surface area contributed by atoms with Crippen molar-refractivity contribution in [1.29, 1.82) is 0 Å². The Kier molecular flexibility index (Phi) is 12.9. The van der Waals surface area contributed by atoms with Crippen molar-refractivity contribution < 1.29 is 43.4 Å². The summed E-state index contributed by atoms with van der Waals surface area (Å²) in [6, 6.07) is 7.27. The maximum Gasteiger partial charge on any atom is 0.341 e. The van der Waals surface area contributed by atoms with E-state index in [0.29, 0.717) is 12.0 Å². The number of benzene rings is 2. The van der Waals surface area contributed by atoms with E-state index in [2.05, 4.69) is 27.5 Å². The first-order valence-electron chi connectivity index (χ1n) is 16.9. The number of esters is 1. The number of hydrogen-bond donors (Lipinski definition) is 3. The third-order valence-electron chi connectivity index (χ3n) is 9.28. The molecule has 3 N–H and O–H groups in total. The minimum Gasteiger partial charge on any atom is -0.481 e. The van der Waals surface area contributed by atoms with Crippen LogP contribution < -0.4 is 10.6 Å². The zero-order chi connectivity index (χ0) is 37.5. The number of hydrazine groups is 1. The number of carboxylic acids is 1. The third-order valence-corrected chi connectivity index (χ3v) is 9.91. The van der Waals surface area contributed by atoms with Gasteiger partial charge >= 0.3 is 11.9 Å². The molecule has 0 aliphatic carbocycles. The van der Waals surface area contributed by atoms with E-state index in [9.17, 15) is 38.7 Å². The molecule has 0 radical (unpaired) electrons. The molecule has 2 aromatic rings. The van der Waals surface area contributed by atoms with Crippen molar-refractivity contribution in [2.24, 2.45) is 0 Å². The average Bonchev–Trinajstić information content (AvgIpc) is 3.23. The Balaban J connectivity index is 1.25. The summed E-state index contributed by atoms with van der Waals surface area (Å²) in [7, 11) is 2.09. The fourth-order valence-electron chi connectivity index (χ4n) is 6.36. The minimum absolute atomic E-state index is 0.00677. The molecule has 4 amide bonds. The van der Waals surface area contributed by atoms with E-state index in [1.54, 1.807) is 12.1 Å². The lowest BCUT2D eigenvalue weighted by molar-refractivity contribution is -0.176.